The number of methoxy groups -OCH3 is 2. The number of ether oxygens (including phenoxy) is 2. The maximum atomic E-state index is 14.4. The fourth-order valence-electron chi connectivity index (χ4n) is 6.08. The molecule has 1 aromatic heterocycles. The summed E-state index contributed by atoms with van der Waals surface area (Å²) >= 11 is 0. The number of aliphatic hydroxyl groups excluding tert-OH is 2. The van der Waals surface area contributed by atoms with Crippen molar-refractivity contribution >= 4 is 17.5 Å². The average molecular weight is 652 g/mol. The molecule has 47 heavy (non-hydrogen) atoms. The van der Waals surface area contributed by atoms with Crippen LogP contribution in [0.3, 0.4) is 0 Å². The van der Waals surface area contributed by atoms with Gasteiger partial charge in [-0.2, -0.15) is 13.2 Å². The van der Waals surface area contributed by atoms with Crippen LogP contribution >= 0.6 is 0 Å². The van der Waals surface area contributed by atoms with Crippen molar-refractivity contribution in [3.05, 3.63) is 99.9 Å². The van der Waals surface area contributed by atoms with Crippen LogP contribution in [0.15, 0.2) is 60.7 Å². The molecule has 1 aliphatic rings. The van der Waals surface area contributed by atoms with Crippen LogP contribution in [0.25, 0.3) is 11.1 Å². The van der Waals surface area contributed by atoms with Crippen LogP contribution in [0.1, 0.15) is 44.0 Å². The van der Waals surface area contributed by atoms with Crippen molar-refractivity contribution < 1.29 is 42.4 Å². The van der Waals surface area contributed by atoms with Gasteiger partial charge in [0.05, 0.1) is 51.1 Å². The molecule has 0 saturated heterocycles. The van der Waals surface area contributed by atoms with E-state index in [1.54, 1.807) is 36.1 Å². The van der Waals surface area contributed by atoms with Crippen molar-refractivity contribution in [3.63, 3.8) is 0 Å². The summed E-state index contributed by atoms with van der Waals surface area (Å²) in [6, 6.07) is 15.2. The number of nitrogens with zero attached hydrogens (tertiary/aromatic N) is 2. The lowest BCUT2D eigenvalue weighted by Crippen LogP contribution is -2.31. The zero-order chi connectivity index (χ0) is 34.0. The molecule has 12 heteroatoms. The number of carbonyl (C=O) groups excluding carboxylic acids is 2. The number of hydrogen-bond acceptors (Lipinski definition) is 6. The SMILES string of the molecule is CNC(=O)Cc1cc(CC(O)CO)c2n1Cc1cc(OC)c(OC)cc1N(C(=O)c1ccc(-c3ccccc3C(F)(F)F)c(C)c1)C2. The number of hydrogen-bond donors (Lipinski definition) is 3. The first-order valence-corrected chi connectivity index (χ1v) is 14.9. The number of anilines is 1. The summed E-state index contributed by atoms with van der Waals surface area (Å²) in [5.74, 6) is 0.161. The van der Waals surface area contributed by atoms with Crippen LogP contribution in [0.5, 0.6) is 11.5 Å². The zero-order valence-electron chi connectivity index (χ0n) is 26.4. The van der Waals surface area contributed by atoms with Gasteiger partial charge in [0.25, 0.3) is 5.91 Å². The smallest absolute Gasteiger partial charge is 0.417 e. The molecule has 0 aliphatic carbocycles. The minimum absolute atomic E-state index is 0.0157. The van der Waals surface area contributed by atoms with Gasteiger partial charge in [-0.25, -0.2) is 0 Å². The number of alkyl halides is 3. The van der Waals surface area contributed by atoms with Crippen LogP contribution < -0.4 is 19.7 Å². The van der Waals surface area contributed by atoms with Crippen molar-refractivity contribution in [1.29, 1.82) is 0 Å². The van der Waals surface area contributed by atoms with Crippen LogP contribution in [0.2, 0.25) is 0 Å². The molecule has 0 fully saturated rings. The Hall–Kier alpha value is -4.81. The molecular formula is C35H36F3N3O6. The summed E-state index contributed by atoms with van der Waals surface area (Å²) in [7, 11) is 4.51. The van der Waals surface area contributed by atoms with Crippen molar-refractivity contribution in [2.45, 2.75) is 45.1 Å². The number of likely N-dealkylation sites (N-methyl/N-ethyl adjacent to an activating group) is 1. The monoisotopic (exact) mass is 651 g/mol. The molecule has 0 spiro atoms. The van der Waals surface area contributed by atoms with E-state index in [0.29, 0.717) is 50.8 Å². The summed E-state index contributed by atoms with van der Waals surface area (Å²) in [5, 5.41) is 22.6. The quantitative estimate of drug-likeness (QED) is 0.238. The highest BCUT2D eigenvalue weighted by atomic mass is 19.4. The number of aromatic nitrogens is 1. The molecule has 0 saturated carbocycles. The van der Waals surface area contributed by atoms with Crippen LogP contribution in [0.4, 0.5) is 18.9 Å². The molecule has 0 bridgehead atoms. The van der Waals surface area contributed by atoms with Crippen molar-refractivity contribution in [2.24, 2.45) is 0 Å². The highest BCUT2D eigenvalue weighted by Gasteiger charge is 2.34. The van der Waals surface area contributed by atoms with E-state index in [2.05, 4.69) is 5.32 Å². The van der Waals surface area contributed by atoms with Crippen LogP contribution in [0, 0.1) is 6.92 Å². The number of rotatable bonds is 9. The van der Waals surface area contributed by atoms with E-state index in [1.807, 2.05) is 4.57 Å². The Morgan fingerprint density at radius 1 is 0.979 bits per heavy atom. The topological polar surface area (TPSA) is 113 Å². The number of aryl methyl sites for hydroxylation is 1. The molecule has 3 N–H and O–H groups in total. The first-order chi connectivity index (χ1) is 22.4. The molecule has 9 nitrogen and oxygen atoms in total. The number of fused-ring (bicyclic) bond motifs is 2. The lowest BCUT2D eigenvalue weighted by molar-refractivity contribution is -0.137. The van der Waals surface area contributed by atoms with Gasteiger partial charge in [0.1, 0.15) is 0 Å². The molecule has 1 aliphatic heterocycles. The molecule has 2 heterocycles. The number of aliphatic hydroxyl groups is 2. The molecular weight excluding hydrogens is 615 g/mol. The van der Waals surface area contributed by atoms with Gasteiger partial charge in [-0.15, -0.1) is 0 Å². The Morgan fingerprint density at radius 2 is 1.68 bits per heavy atom. The summed E-state index contributed by atoms with van der Waals surface area (Å²) in [5.41, 5.74) is 3.50. The minimum Gasteiger partial charge on any atom is -0.493 e. The first-order valence-electron chi connectivity index (χ1n) is 14.9. The fourth-order valence-corrected chi connectivity index (χ4v) is 6.08. The summed E-state index contributed by atoms with van der Waals surface area (Å²) in [4.78, 5) is 28.5. The highest BCUT2D eigenvalue weighted by Crippen LogP contribution is 2.41. The Labute approximate surface area is 270 Å². The predicted octanol–water partition coefficient (Wildman–Crippen LogP) is 4.89. The van der Waals surface area contributed by atoms with Gasteiger partial charge >= 0.3 is 6.18 Å². The molecule has 248 valence electrons. The third kappa shape index (κ3) is 6.70. The molecule has 0 radical (unpaired) electrons. The number of carbonyl (C=O) groups is 2. The standard InChI is InChI=1S/C35H36F3N3O6/c1-20-11-21(9-10-26(20)27-7-5-6-8-28(27)35(36,37)38)34(45)41-18-30-22(13-25(43)19-42)12-24(15-33(44)39-2)40(30)17-23-14-31(46-3)32(47-4)16-29(23)41/h5-12,14,16,25,42-43H,13,15,17-19H2,1-4H3,(H,39,44). The number of amides is 2. The Balaban J connectivity index is 1.65. The van der Waals surface area contributed by atoms with E-state index < -0.39 is 30.4 Å². The van der Waals surface area contributed by atoms with E-state index in [4.69, 9.17) is 9.47 Å². The molecule has 5 rings (SSSR count). The van der Waals surface area contributed by atoms with Crippen molar-refractivity contribution in [2.75, 3.05) is 32.8 Å². The van der Waals surface area contributed by atoms with Crippen LogP contribution in [-0.4, -0.2) is 60.6 Å². The second-order valence-electron chi connectivity index (χ2n) is 11.4. The largest absolute Gasteiger partial charge is 0.493 e. The van der Waals surface area contributed by atoms with Gasteiger partial charge in [0.2, 0.25) is 5.91 Å². The van der Waals surface area contributed by atoms with E-state index in [1.165, 1.54) is 51.6 Å². The summed E-state index contributed by atoms with van der Waals surface area (Å²) in [6.45, 7) is 1.46. The normalized spacial score (nSPS) is 13.3. The van der Waals surface area contributed by atoms with Gasteiger partial charge in [-0.1, -0.05) is 24.3 Å². The number of nitrogens with one attached hydrogen (secondary N) is 1. The van der Waals surface area contributed by atoms with Crippen molar-refractivity contribution in [3.8, 4) is 22.6 Å². The van der Waals surface area contributed by atoms with E-state index in [-0.39, 0.29) is 43.0 Å². The maximum Gasteiger partial charge on any atom is 0.417 e. The second kappa shape index (κ2) is 13.5. The molecule has 1 unspecified atom stereocenters. The third-order valence-corrected chi connectivity index (χ3v) is 8.42. The van der Waals surface area contributed by atoms with Gasteiger partial charge in [-0.3, -0.25) is 9.59 Å². The third-order valence-electron chi connectivity index (χ3n) is 8.42. The summed E-state index contributed by atoms with van der Waals surface area (Å²) in [6.07, 6.45) is -5.51. The maximum absolute atomic E-state index is 14.4. The van der Waals surface area contributed by atoms with Gasteiger partial charge < -0.3 is 34.5 Å². The van der Waals surface area contributed by atoms with Gasteiger partial charge in [0, 0.05) is 43.0 Å². The minimum atomic E-state index is -4.56. The van der Waals surface area contributed by atoms with E-state index >= 15 is 0 Å². The summed E-state index contributed by atoms with van der Waals surface area (Å²) < 4.78 is 54.5. The fraction of sp³-hybridized carbons (Fsp3) is 0.314. The first kappa shape index (κ1) is 33.6. The molecule has 1 atom stereocenters. The number of halogens is 3. The van der Waals surface area contributed by atoms with E-state index in [9.17, 15) is 33.0 Å². The van der Waals surface area contributed by atoms with Gasteiger partial charge in [-0.05, 0) is 65.1 Å². The second-order valence-corrected chi connectivity index (χ2v) is 11.4. The van der Waals surface area contributed by atoms with Crippen molar-refractivity contribution in [1.82, 2.24) is 9.88 Å². The molecule has 4 aromatic rings. The highest BCUT2D eigenvalue weighted by molar-refractivity contribution is 6.07. The zero-order valence-corrected chi connectivity index (χ0v) is 26.4. The average Bonchev–Trinajstić information content (AvgIpc) is 3.25. The molecule has 3 aromatic carbocycles. The predicted molar refractivity (Wildman–Crippen MR) is 170 cm³/mol. The van der Waals surface area contributed by atoms with E-state index in [0.717, 1.165) is 6.07 Å². The molecule has 2 amide bonds. The van der Waals surface area contributed by atoms with Gasteiger partial charge in [0.15, 0.2) is 11.5 Å². The Bertz CT molecular complexity index is 1820. The van der Waals surface area contributed by atoms with Crippen LogP contribution in [-0.2, 0) is 36.9 Å². The lowest BCUT2D eigenvalue weighted by Gasteiger charge is -2.25. The Morgan fingerprint density at radius 3 is 2.32 bits per heavy atom. The number of benzene rings is 3. The Kier molecular flexibility index (Phi) is 9.64. The lowest BCUT2D eigenvalue weighted by atomic mass is 9.94.